The highest BCUT2D eigenvalue weighted by Crippen LogP contribution is 2.15. The lowest BCUT2D eigenvalue weighted by atomic mass is 10.2. The van der Waals surface area contributed by atoms with Crippen molar-refractivity contribution < 1.29 is 14.7 Å². The fourth-order valence-corrected chi connectivity index (χ4v) is 2.58. The van der Waals surface area contributed by atoms with Crippen LogP contribution in [0.4, 0.5) is 0 Å². The highest BCUT2D eigenvalue weighted by Gasteiger charge is 2.21. The number of nitrogens with one attached hydrogen (secondary N) is 1. The maximum atomic E-state index is 10.1. The van der Waals surface area contributed by atoms with Gasteiger partial charge in [-0.2, -0.15) is 0 Å². The number of halogens is 1. The van der Waals surface area contributed by atoms with Crippen molar-refractivity contribution in [3.8, 4) is 0 Å². The van der Waals surface area contributed by atoms with Gasteiger partial charge in [0.15, 0.2) is 0 Å². The Kier molecular flexibility index (Phi) is 7.52. The van der Waals surface area contributed by atoms with E-state index in [0.717, 1.165) is 5.56 Å². The molecule has 0 heterocycles. The van der Waals surface area contributed by atoms with Crippen molar-refractivity contribution >= 4 is 11.6 Å². The molecule has 0 aromatic heterocycles. The summed E-state index contributed by atoms with van der Waals surface area (Å²) in [6, 6.07) is 8.60. The van der Waals surface area contributed by atoms with Gasteiger partial charge in [-0.15, -0.1) is 0 Å². The molecule has 0 radical (unpaired) electrons. The Morgan fingerprint density at radius 2 is 1.75 bits per heavy atom. The first kappa shape index (κ1) is 17.4. The molecule has 0 saturated heterocycles. The van der Waals surface area contributed by atoms with Crippen LogP contribution >= 0.6 is 11.6 Å². The molecule has 4 heteroatoms. The van der Waals surface area contributed by atoms with Crippen molar-refractivity contribution in [2.45, 2.75) is 52.5 Å². The van der Waals surface area contributed by atoms with Crippen LogP contribution in [0, 0.1) is 0 Å². The minimum absolute atomic E-state index is 0.341. The van der Waals surface area contributed by atoms with E-state index in [2.05, 4.69) is 27.7 Å². The van der Waals surface area contributed by atoms with Gasteiger partial charge < -0.3 is 14.7 Å². The van der Waals surface area contributed by atoms with Crippen LogP contribution in [0.3, 0.4) is 0 Å². The van der Waals surface area contributed by atoms with E-state index in [1.54, 1.807) is 0 Å². The third-order valence-electron chi connectivity index (χ3n) is 3.48. The second kappa shape index (κ2) is 8.63. The smallest absolute Gasteiger partial charge is 0.126 e. The molecular weight excluding hydrogens is 274 g/mol. The number of hydrogen-bond donors (Lipinski definition) is 2. The van der Waals surface area contributed by atoms with Gasteiger partial charge in [-0.25, -0.2) is 0 Å². The van der Waals surface area contributed by atoms with Gasteiger partial charge >= 0.3 is 0 Å². The number of aliphatic hydroxyl groups excluding tert-OH is 1. The van der Waals surface area contributed by atoms with E-state index in [0.29, 0.717) is 36.9 Å². The number of benzene rings is 1. The minimum Gasteiger partial charge on any atom is -0.385 e. The summed E-state index contributed by atoms with van der Waals surface area (Å²) in [6.07, 6.45) is -0.447. The largest absolute Gasteiger partial charge is 0.385 e. The first-order chi connectivity index (χ1) is 9.41. The average Bonchev–Trinajstić information content (AvgIpc) is 2.37. The second-order valence-corrected chi connectivity index (χ2v) is 6.26. The average molecular weight is 301 g/mol. The van der Waals surface area contributed by atoms with Gasteiger partial charge in [0.1, 0.15) is 12.6 Å². The SMILES string of the molecule is CC(C)[NH+](C[C@H](O)COCc1ccccc1Cl)C(C)C. The molecule has 1 aromatic rings. The molecule has 0 amide bonds. The minimum atomic E-state index is -0.447. The number of quaternary nitrogens is 1. The van der Waals surface area contributed by atoms with Crippen molar-refractivity contribution in [2.24, 2.45) is 0 Å². The van der Waals surface area contributed by atoms with Gasteiger partial charge in [0, 0.05) is 5.02 Å². The molecule has 0 aliphatic heterocycles. The molecule has 0 aliphatic carbocycles. The highest BCUT2D eigenvalue weighted by molar-refractivity contribution is 6.31. The number of aliphatic hydroxyl groups is 1. The van der Waals surface area contributed by atoms with Crippen LogP contribution in [-0.4, -0.2) is 36.4 Å². The first-order valence-electron chi connectivity index (χ1n) is 7.26. The summed E-state index contributed by atoms with van der Waals surface area (Å²) in [6.45, 7) is 10.2. The maximum absolute atomic E-state index is 10.1. The summed E-state index contributed by atoms with van der Waals surface area (Å²) in [4.78, 5) is 1.39. The van der Waals surface area contributed by atoms with Crippen molar-refractivity contribution in [3.05, 3.63) is 34.9 Å². The molecule has 0 unspecified atom stereocenters. The highest BCUT2D eigenvalue weighted by atomic mass is 35.5. The molecule has 0 fully saturated rings. The molecule has 1 rings (SSSR count). The summed E-state index contributed by atoms with van der Waals surface area (Å²) in [5, 5.41) is 10.8. The van der Waals surface area contributed by atoms with Gasteiger partial charge in [0.25, 0.3) is 0 Å². The fourth-order valence-electron chi connectivity index (χ4n) is 2.39. The Hall–Kier alpha value is -0.610. The Bertz CT molecular complexity index is 388. The lowest BCUT2D eigenvalue weighted by Gasteiger charge is -2.29. The van der Waals surface area contributed by atoms with Crippen molar-refractivity contribution in [3.63, 3.8) is 0 Å². The van der Waals surface area contributed by atoms with Crippen LogP contribution in [0.15, 0.2) is 24.3 Å². The zero-order valence-electron chi connectivity index (χ0n) is 12.9. The predicted octanol–water partition coefficient (Wildman–Crippen LogP) is 1.92. The van der Waals surface area contributed by atoms with Gasteiger partial charge in [-0.3, -0.25) is 0 Å². The molecule has 0 bridgehead atoms. The van der Waals surface area contributed by atoms with Crippen molar-refractivity contribution in [1.29, 1.82) is 0 Å². The summed E-state index contributed by atoms with van der Waals surface area (Å²) in [5.74, 6) is 0. The van der Waals surface area contributed by atoms with E-state index in [1.165, 1.54) is 4.90 Å². The lowest BCUT2D eigenvalue weighted by molar-refractivity contribution is -0.945. The summed E-state index contributed by atoms with van der Waals surface area (Å²) in [7, 11) is 0. The Morgan fingerprint density at radius 3 is 2.30 bits per heavy atom. The first-order valence-corrected chi connectivity index (χ1v) is 7.64. The summed E-state index contributed by atoms with van der Waals surface area (Å²) >= 11 is 6.06. The molecule has 0 saturated carbocycles. The van der Waals surface area contributed by atoms with Crippen LogP contribution in [-0.2, 0) is 11.3 Å². The monoisotopic (exact) mass is 300 g/mol. The van der Waals surface area contributed by atoms with Gasteiger partial charge in [0.2, 0.25) is 0 Å². The van der Waals surface area contributed by atoms with E-state index in [9.17, 15) is 5.11 Å². The van der Waals surface area contributed by atoms with E-state index < -0.39 is 6.10 Å². The zero-order chi connectivity index (χ0) is 15.1. The molecule has 2 N–H and O–H groups in total. The van der Waals surface area contributed by atoms with Crippen molar-refractivity contribution in [1.82, 2.24) is 0 Å². The van der Waals surface area contributed by atoms with Gasteiger partial charge in [0.05, 0.1) is 25.3 Å². The van der Waals surface area contributed by atoms with Gasteiger partial charge in [-0.1, -0.05) is 29.8 Å². The summed E-state index contributed by atoms with van der Waals surface area (Å²) in [5.41, 5.74) is 0.957. The molecule has 0 spiro atoms. The topological polar surface area (TPSA) is 33.9 Å². The number of rotatable bonds is 8. The van der Waals surface area contributed by atoms with Gasteiger partial charge in [-0.05, 0) is 39.3 Å². The standard InChI is InChI=1S/C16H26ClNO2/c1-12(2)18(13(3)4)9-15(19)11-20-10-14-7-5-6-8-16(14)17/h5-8,12-13,15,19H,9-11H2,1-4H3/p+1/t15-/m0/s1. The van der Waals surface area contributed by atoms with Crippen LogP contribution in [0.5, 0.6) is 0 Å². The molecule has 20 heavy (non-hydrogen) atoms. The molecule has 1 atom stereocenters. The van der Waals surface area contributed by atoms with E-state index >= 15 is 0 Å². The molecule has 0 aliphatic rings. The maximum Gasteiger partial charge on any atom is 0.126 e. The zero-order valence-corrected chi connectivity index (χ0v) is 13.7. The lowest BCUT2D eigenvalue weighted by Crippen LogP contribution is -3.18. The number of ether oxygens (including phenoxy) is 1. The Morgan fingerprint density at radius 1 is 1.15 bits per heavy atom. The summed E-state index contributed by atoms with van der Waals surface area (Å²) < 4.78 is 5.57. The van der Waals surface area contributed by atoms with Crippen LogP contribution < -0.4 is 4.90 Å². The Balaban J connectivity index is 2.36. The Labute approximate surface area is 127 Å². The van der Waals surface area contributed by atoms with Crippen LogP contribution in [0.1, 0.15) is 33.3 Å². The van der Waals surface area contributed by atoms with Crippen LogP contribution in [0.2, 0.25) is 5.02 Å². The molecule has 114 valence electrons. The third-order valence-corrected chi connectivity index (χ3v) is 3.85. The predicted molar refractivity (Wildman–Crippen MR) is 83.2 cm³/mol. The normalized spacial score (nSPS) is 13.4. The molecular formula is C16H27ClNO2+. The van der Waals surface area contributed by atoms with E-state index in [4.69, 9.17) is 16.3 Å². The second-order valence-electron chi connectivity index (χ2n) is 5.85. The molecule has 1 aromatic carbocycles. The fraction of sp³-hybridized carbons (Fsp3) is 0.625. The third kappa shape index (κ3) is 5.80. The van der Waals surface area contributed by atoms with Crippen molar-refractivity contribution in [2.75, 3.05) is 13.2 Å². The van der Waals surface area contributed by atoms with E-state index in [1.807, 2.05) is 24.3 Å². The number of hydrogen-bond acceptors (Lipinski definition) is 2. The van der Waals surface area contributed by atoms with Crippen LogP contribution in [0.25, 0.3) is 0 Å². The quantitative estimate of drug-likeness (QED) is 0.769. The van der Waals surface area contributed by atoms with E-state index in [-0.39, 0.29) is 0 Å². The molecule has 3 nitrogen and oxygen atoms in total.